The van der Waals surface area contributed by atoms with Crippen molar-refractivity contribution >= 4 is 6.29 Å². The van der Waals surface area contributed by atoms with Crippen molar-refractivity contribution in [3.8, 4) is 28.3 Å². The lowest BCUT2D eigenvalue weighted by Gasteiger charge is -2.04. The summed E-state index contributed by atoms with van der Waals surface area (Å²) in [6, 6.07) is 13.8. The minimum absolute atomic E-state index is 0.300. The van der Waals surface area contributed by atoms with Crippen molar-refractivity contribution in [2.24, 2.45) is 7.05 Å². The van der Waals surface area contributed by atoms with Gasteiger partial charge in [0.05, 0.1) is 6.33 Å². The van der Waals surface area contributed by atoms with Gasteiger partial charge in [-0.1, -0.05) is 17.3 Å². The van der Waals surface area contributed by atoms with Gasteiger partial charge in [0.1, 0.15) is 29.2 Å². The Balaban J connectivity index is 1.70. The number of halogens is 1. The summed E-state index contributed by atoms with van der Waals surface area (Å²) in [5.41, 5.74) is 4.76. The van der Waals surface area contributed by atoms with E-state index < -0.39 is 0 Å². The molecule has 0 aliphatic carbocycles. The molecule has 7 heteroatoms. The highest BCUT2D eigenvalue weighted by Crippen LogP contribution is 2.29. The summed E-state index contributed by atoms with van der Waals surface area (Å²) in [4.78, 5) is 15.1. The van der Waals surface area contributed by atoms with Crippen molar-refractivity contribution in [2.45, 2.75) is 6.42 Å². The predicted molar refractivity (Wildman–Crippen MR) is 98.7 cm³/mol. The van der Waals surface area contributed by atoms with E-state index >= 15 is 0 Å². The van der Waals surface area contributed by atoms with Crippen molar-refractivity contribution < 1.29 is 9.18 Å². The standard InChI is InChI=1S/C20H16FN5O/c1-25-20(19(23-24-25)15-4-6-16(21)7-5-15)18-12-26(13-22-18)17-8-2-14(3-9-17)10-11-27/h2-9,11-13H,10H2,1H3. The number of aryl methyl sites for hydroxylation is 1. The summed E-state index contributed by atoms with van der Waals surface area (Å²) in [7, 11) is 1.79. The zero-order valence-electron chi connectivity index (χ0n) is 14.6. The lowest BCUT2D eigenvalue weighted by Crippen LogP contribution is -1.95. The minimum atomic E-state index is -0.300. The molecule has 4 aromatic rings. The molecule has 2 aromatic heterocycles. The van der Waals surface area contributed by atoms with Crippen LogP contribution in [0.1, 0.15) is 5.56 Å². The number of aromatic nitrogens is 5. The molecule has 6 nitrogen and oxygen atoms in total. The molecule has 0 N–H and O–H groups in total. The number of carbonyl (C=O) groups is 1. The smallest absolute Gasteiger partial charge is 0.124 e. The molecule has 0 bridgehead atoms. The molecular weight excluding hydrogens is 345 g/mol. The monoisotopic (exact) mass is 361 g/mol. The molecule has 2 aromatic carbocycles. The Morgan fingerprint density at radius 1 is 1.07 bits per heavy atom. The van der Waals surface area contributed by atoms with Crippen molar-refractivity contribution in [1.29, 1.82) is 0 Å². The number of imidazole rings is 1. The molecule has 0 saturated carbocycles. The molecule has 0 radical (unpaired) electrons. The van der Waals surface area contributed by atoms with Gasteiger partial charge in [0, 0.05) is 30.9 Å². The molecule has 0 atom stereocenters. The SMILES string of the molecule is Cn1nnc(-c2ccc(F)cc2)c1-c1cn(-c2ccc(CC=O)cc2)cn1. The van der Waals surface area contributed by atoms with Gasteiger partial charge >= 0.3 is 0 Å². The Hall–Kier alpha value is -3.61. The molecule has 0 aliphatic rings. The Morgan fingerprint density at radius 3 is 2.52 bits per heavy atom. The second-order valence-corrected chi connectivity index (χ2v) is 6.12. The van der Waals surface area contributed by atoms with E-state index in [-0.39, 0.29) is 5.82 Å². The lowest BCUT2D eigenvalue weighted by molar-refractivity contribution is -0.107. The molecule has 134 valence electrons. The summed E-state index contributed by atoms with van der Waals surface area (Å²) in [5.74, 6) is -0.300. The van der Waals surface area contributed by atoms with Crippen LogP contribution in [0.5, 0.6) is 0 Å². The van der Waals surface area contributed by atoms with Crippen LogP contribution in [0.3, 0.4) is 0 Å². The van der Waals surface area contributed by atoms with E-state index in [1.807, 2.05) is 35.0 Å². The van der Waals surface area contributed by atoms with Gasteiger partial charge in [0.15, 0.2) is 0 Å². The average Bonchev–Trinajstić information content (AvgIpc) is 3.30. The van der Waals surface area contributed by atoms with E-state index in [0.29, 0.717) is 17.8 Å². The number of rotatable bonds is 5. The molecule has 0 saturated heterocycles. The van der Waals surface area contributed by atoms with E-state index in [9.17, 15) is 9.18 Å². The zero-order chi connectivity index (χ0) is 18.8. The van der Waals surface area contributed by atoms with Gasteiger partial charge < -0.3 is 9.36 Å². The van der Waals surface area contributed by atoms with Crippen LogP contribution < -0.4 is 0 Å². The normalized spacial score (nSPS) is 10.9. The van der Waals surface area contributed by atoms with Crippen LogP contribution in [0, 0.1) is 5.82 Å². The Kier molecular flexibility index (Phi) is 4.33. The van der Waals surface area contributed by atoms with E-state index in [2.05, 4.69) is 15.3 Å². The van der Waals surface area contributed by atoms with E-state index in [1.165, 1.54) is 12.1 Å². The van der Waals surface area contributed by atoms with Crippen LogP contribution in [0.4, 0.5) is 4.39 Å². The summed E-state index contributed by atoms with van der Waals surface area (Å²) in [5, 5.41) is 8.31. The number of hydrogen-bond donors (Lipinski definition) is 0. The van der Waals surface area contributed by atoms with Crippen molar-refractivity contribution in [3.63, 3.8) is 0 Å². The van der Waals surface area contributed by atoms with Gasteiger partial charge in [0.2, 0.25) is 0 Å². The van der Waals surface area contributed by atoms with Crippen LogP contribution in [0.15, 0.2) is 61.1 Å². The van der Waals surface area contributed by atoms with Gasteiger partial charge in [-0.25, -0.2) is 14.1 Å². The van der Waals surface area contributed by atoms with Crippen molar-refractivity contribution in [3.05, 3.63) is 72.4 Å². The molecule has 0 amide bonds. The maximum Gasteiger partial charge on any atom is 0.124 e. The minimum Gasteiger partial charge on any atom is -0.306 e. The first-order valence-corrected chi connectivity index (χ1v) is 8.38. The first-order chi connectivity index (χ1) is 13.2. The van der Waals surface area contributed by atoms with Crippen LogP contribution >= 0.6 is 0 Å². The highest BCUT2D eigenvalue weighted by atomic mass is 19.1. The van der Waals surface area contributed by atoms with Crippen molar-refractivity contribution in [2.75, 3.05) is 0 Å². The third-order valence-electron chi connectivity index (χ3n) is 4.32. The Bertz CT molecular complexity index is 1080. The number of benzene rings is 2. The molecular formula is C20H16FN5O. The van der Waals surface area contributed by atoms with Crippen molar-refractivity contribution in [1.82, 2.24) is 24.5 Å². The van der Waals surface area contributed by atoms with Crippen LogP contribution in [-0.2, 0) is 18.3 Å². The molecule has 2 heterocycles. The maximum atomic E-state index is 13.2. The quantitative estimate of drug-likeness (QED) is 0.512. The largest absolute Gasteiger partial charge is 0.306 e. The van der Waals surface area contributed by atoms with Gasteiger partial charge in [0.25, 0.3) is 0 Å². The highest BCUT2D eigenvalue weighted by molar-refractivity contribution is 5.76. The fourth-order valence-electron chi connectivity index (χ4n) is 2.93. The van der Waals surface area contributed by atoms with E-state index in [0.717, 1.165) is 28.8 Å². The third kappa shape index (κ3) is 3.27. The third-order valence-corrected chi connectivity index (χ3v) is 4.32. The van der Waals surface area contributed by atoms with E-state index in [4.69, 9.17) is 0 Å². The topological polar surface area (TPSA) is 65.6 Å². The molecule has 0 aliphatic heterocycles. The second-order valence-electron chi connectivity index (χ2n) is 6.12. The fourth-order valence-corrected chi connectivity index (χ4v) is 2.93. The molecule has 4 rings (SSSR count). The summed E-state index contributed by atoms with van der Waals surface area (Å²) in [6.07, 6.45) is 4.89. The summed E-state index contributed by atoms with van der Waals surface area (Å²) in [6.45, 7) is 0. The van der Waals surface area contributed by atoms with Gasteiger partial charge in [-0.3, -0.25) is 0 Å². The van der Waals surface area contributed by atoms with Crippen LogP contribution in [0.2, 0.25) is 0 Å². The Morgan fingerprint density at radius 2 is 1.81 bits per heavy atom. The first-order valence-electron chi connectivity index (χ1n) is 8.38. The van der Waals surface area contributed by atoms with Gasteiger partial charge in [-0.2, -0.15) is 0 Å². The summed E-state index contributed by atoms with van der Waals surface area (Å²) >= 11 is 0. The second kappa shape index (κ2) is 6.95. The zero-order valence-corrected chi connectivity index (χ0v) is 14.6. The highest BCUT2D eigenvalue weighted by Gasteiger charge is 2.17. The Labute approximate surface area is 154 Å². The molecule has 27 heavy (non-hydrogen) atoms. The van der Waals surface area contributed by atoms with Crippen LogP contribution in [-0.4, -0.2) is 30.8 Å². The number of hydrogen-bond acceptors (Lipinski definition) is 4. The van der Waals surface area contributed by atoms with Gasteiger partial charge in [-0.15, -0.1) is 5.10 Å². The van der Waals surface area contributed by atoms with Gasteiger partial charge in [-0.05, 0) is 42.0 Å². The number of carbonyl (C=O) groups excluding carboxylic acids is 1. The average molecular weight is 361 g/mol. The molecule has 0 spiro atoms. The summed E-state index contributed by atoms with van der Waals surface area (Å²) < 4.78 is 16.8. The predicted octanol–water partition coefficient (Wildman–Crippen LogP) is 3.22. The number of aldehydes is 1. The van der Waals surface area contributed by atoms with Crippen LogP contribution in [0.25, 0.3) is 28.3 Å². The lowest BCUT2D eigenvalue weighted by atomic mass is 10.1. The fraction of sp³-hybridized carbons (Fsp3) is 0.100. The first kappa shape index (κ1) is 16.8. The number of nitrogens with zero attached hydrogens (tertiary/aromatic N) is 5. The molecule has 0 unspecified atom stereocenters. The van der Waals surface area contributed by atoms with E-state index in [1.54, 1.807) is 30.2 Å². The molecule has 0 fully saturated rings. The maximum absolute atomic E-state index is 13.2.